The van der Waals surface area contributed by atoms with Gasteiger partial charge in [0.2, 0.25) is 23.6 Å². The van der Waals surface area contributed by atoms with Gasteiger partial charge >= 0.3 is 18.0 Å². The first-order valence-electron chi connectivity index (χ1n) is 21.1. The number of esters is 2. The van der Waals surface area contributed by atoms with Crippen LogP contribution in [0.4, 0.5) is 10.5 Å². The standard InChI is InChI=1S/C44H61N7O11/c1-29(2)27-61-38(55)17-12-31-11-13-32(14-18-39(56)62-28-30(3)4)34(26-31)49-35(52)19-24-46-40(57)33(10-8-23-48-43(45)60)50-42(59)44(20-9-21-44)41(58)47-22-6-5-7-25-51-36(53)15-16-37(51)54/h11-18,26,29-30,33H,5-10,19-25,27-28H2,1-4H3,(H,46,57)(H,47,58)(H,49,52)(H,50,59)(H3,45,48,60). The van der Waals surface area contributed by atoms with Crippen LogP contribution in [0.1, 0.15) is 96.6 Å². The van der Waals surface area contributed by atoms with Gasteiger partial charge in [0.25, 0.3) is 11.8 Å². The number of nitrogens with zero attached hydrogens (tertiary/aromatic N) is 1. The number of rotatable bonds is 26. The summed E-state index contributed by atoms with van der Waals surface area (Å²) < 4.78 is 10.4. The Balaban J connectivity index is 1.62. The topological polar surface area (TPSA) is 262 Å². The maximum atomic E-state index is 13.7. The number of amides is 8. The number of urea groups is 1. The number of carbonyl (C=O) groups excluding carboxylic acids is 9. The van der Waals surface area contributed by atoms with E-state index in [1.165, 1.54) is 36.5 Å². The summed E-state index contributed by atoms with van der Waals surface area (Å²) in [5, 5.41) is 13.5. The van der Waals surface area contributed by atoms with E-state index in [0.29, 0.717) is 42.5 Å². The number of hydrogen-bond donors (Lipinski definition) is 6. The van der Waals surface area contributed by atoms with Gasteiger partial charge in [-0.05, 0) is 86.1 Å². The third-order valence-corrected chi connectivity index (χ3v) is 9.84. The summed E-state index contributed by atoms with van der Waals surface area (Å²) >= 11 is 0. The summed E-state index contributed by atoms with van der Waals surface area (Å²) in [6.45, 7) is 8.67. The quantitative estimate of drug-likeness (QED) is 0.0259. The number of nitrogens with two attached hydrogens (primary N) is 1. The van der Waals surface area contributed by atoms with Gasteiger partial charge in [0, 0.05) is 62.6 Å². The van der Waals surface area contributed by atoms with Crippen molar-refractivity contribution in [2.45, 2.75) is 91.5 Å². The van der Waals surface area contributed by atoms with E-state index in [0.717, 1.165) is 4.90 Å². The van der Waals surface area contributed by atoms with Crippen LogP contribution >= 0.6 is 0 Å². The third kappa shape index (κ3) is 17.0. The maximum absolute atomic E-state index is 13.7. The molecule has 0 bridgehead atoms. The highest BCUT2D eigenvalue weighted by Crippen LogP contribution is 2.41. The third-order valence-electron chi connectivity index (χ3n) is 9.84. The van der Waals surface area contributed by atoms with Gasteiger partial charge < -0.3 is 41.8 Å². The monoisotopic (exact) mass is 863 g/mol. The number of hydrogen-bond acceptors (Lipinski definition) is 11. The van der Waals surface area contributed by atoms with Crippen LogP contribution in [0.3, 0.4) is 0 Å². The van der Waals surface area contributed by atoms with E-state index in [-0.39, 0.29) is 95.1 Å². The van der Waals surface area contributed by atoms with Gasteiger partial charge in [-0.25, -0.2) is 14.4 Å². The van der Waals surface area contributed by atoms with Crippen molar-refractivity contribution in [2.24, 2.45) is 23.0 Å². The van der Waals surface area contributed by atoms with Crippen LogP contribution in [-0.4, -0.2) is 104 Å². The second-order valence-electron chi connectivity index (χ2n) is 16.0. The van der Waals surface area contributed by atoms with E-state index in [1.54, 1.807) is 18.2 Å². The zero-order valence-corrected chi connectivity index (χ0v) is 36.1. The molecule has 18 nitrogen and oxygen atoms in total. The molecule has 1 aromatic carbocycles. The van der Waals surface area contributed by atoms with Crippen molar-refractivity contribution in [2.75, 3.05) is 44.7 Å². The minimum atomic E-state index is -1.38. The van der Waals surface area contributed by atoms with Crippen molar-refractivity contribution in [3.8, 4) is 0 Å². The molecule has 3 rings (SSSR count). The number of nitrogens with one attached hydrogen (secondary N) is 5. The number of anilines is 1. The smallest absolute Gasteiger partial charge is 0.330 e. The van der Waals surface area contributed by atoms with E-state index in [4.69, 9.17) is 15.2 Å². The van der Waals surface area contributed by atoms with Crippen molar-refractivity contribution in [1.82, 2.24) is 26.2 Å². The Kier molecular flexibility index (Phi) is 20.5. The van der Waals surface area contributed by atoms with Crippen molar-refractivity contribution >= 4 is 71.3 Å². The lowest BCUT2D eigenvalue weighted by atomic mass is 9.67. The lowest BCUT2D eigenvalue weighted by Gasteiger charge is -2.39. The van der Waals surface area contributed by atoms with E-state index >= 15 is 0 Å². The van der Waals surface area contributed by atoms with Gasteiger partial charge in [-0.15, -0.1) is 0 Å². The lowest BCUT2D eigenvalue weighted by molar-refractivity contribution is -0.151. The summed E-state index contributed by atoms with van der Waals surface area (Å²) in [5.41, 5.74) is 5.14. The molecule has 1 aliphatic carbocycles. The summed E-state index contributed by atoms with van der Waals surface area (Å²) in [4.78, 5) is 114. The minimum Gasteiger partial charge on any atom is -0.462 e. The highest BCUT2D eigenvalue weighted by atomic mass is 16.5. The molecule has 62 heavy (non-hydrogen) atoms. The Morgan fingerprint density at radius 1 is 0.774 bits per heavy atom. The molecule has 8 amide bonds. The first kappa shape index (κ1) is 50.0. The minimum absolute atomic E-state index is 0.0832. The lowest BCUT2D eigenvalue weighted by Crippen LogP contribution is -2.59. The van der Waals surface area contributed by atoms with Crippen LogP contribution in [0.15, 0.2) is 42.5 Å². The van der Waals surface area contributed by atoms with Gasteiger partial charge in [0.1, 0.15) is 11.5 Å². The molecule has 0 radical (unpaired) electrons. The number of imide groups is 1. The predicted molar refractivity (Wildman–Crippen MR) is 230 cm³/mol. The SMILES string of the molecule is CC(C)COC(=O)C=Cc1ccc(C=CC(=O)OCC(C)C)c(NC(=O)CCNC(=O)C(CCCNC(N)=O)NC(=O)C2(C(=O)NCCCCCN3C(=O)C=CC3=O)CCC2)c1. The van der Waals surface area contributed by atoms with E-state index < -0.39 is 53.1 Å². The van der Waals surface area contributed by atoms with Crippen LogP contribution in [-0.2, 0) is 47.8 Å². The molecular weight excluding hydrogens is 803 g/mol. The van der Waals surface area contributed by atoms with Crippen LogP contribution in [0, 0.1) is 17.3 Å². The first-order valence-corrected chi connectivity index (χ1v) is 21.1. The molecule has 0 spiro atoms. The highest BCUT2D eigenvalue weighted by Gasteiger charge is 2.51. The molecule has 1 fully saturated rings. The molecular formula is C44H61N7O11. The van der Waals surface area contributed by atoms with E-state index in [9.17, 15) is 43.2 Å². The fraction of sp³-hybridized carbons (Fsp3) is 0.523. The van der Waals surface area contributed by atoms with Crippen molar-refractivity contribution < 1.29 is 52.6 Å². The van der Waals surface area contributed by atoms with Crippen molar-refractivity contribution in [3.63, 3.8) is 0 Å². The zero-order valence-electron chi connectivity index (χ0n) is 36.1. The number of benzene rings is 1. The second kappa shape index (κ2) is 25.4. The zero-order chi connectivity index (χ0) is 45.7. The van der Waals surface area contributed by atoms with E-state index in [1.807, 2.05) is 27.7 Å². The molecule has 1 atom stereocenters. The Hall–Kier alpha value is -6.33. The molecule has 7 N–H and O–H groups in total. The molecule has 18 heteroatoms. The molecule has 2 aliphatic rings. The summed E-state index contributed by atoms with van der Waals surface area (Å²) in [5.74, 6) is -3.68. The molecule has 0 saturated heterocycles. The second-order valence-corrected chi connectivity index (χ2v) is 16.0. The van der Waals surface area contributed by atoms with Gasteiger partial charge in [-0.2, -0.15) is 0 Å². The van der Waals surface area contributed by atoms with Crippen molar-refractivity contribution in [3.05, 3.63) is 53.6 Å². The summed E-state index contributed by atoms with van der Waals surface area (Å²) in [6.07, 6.45) is 11.1. The van der Waals surface area contributed by atoms with Crippen LogP contribution in [0.5, 0.6) is 0 Å². The number of primary amides is 1. The predicted octanol–water partition coefficient (Wildman–Crippen LogP) is 2.87. The fourth-order valence-corrected chi connectivity index (χ4v) is 6.25. The van der Waals surface area contributed by atoms with Crippen LogP contribution in [0.2, 0.25) is 0 Å². The van der Waals surface area contributed by atoms with Crippen LogP contribution in [0.25, 0.3) is 12.2 Å². The van der Waals surface area contributed by atoms with Gasteiger partial charge in [0.05, 0.1) is 13.2 Å². The molecule has 1 aliphatic heterocycles. The molecule has 1 aromatic rings. The number of ether oxygens (including phenoxy) is 2. The molecule has 338 valence electrons. The Morgan fingerprint density at radius 3 is 2.00 bits per heavy atom. The number of unbranched alkanes of at least 4 members (excludes halogenated alkanes) is 2. The normalized spacial score (nSPS) is 14.8. The molecule has 1 saturated carbocycles. The maximum Gasteiger partial charge on any atom is 0.330 e. The Labute approximate surface area is 362 Å². The average Bonchev–Trinajstić information content (AvgIpc) is 3.52. The summed E-state index contributed by atoms with van der Waals surface area (Å²) in [6, 6.07) is 3.09. The molecule has 1 unspecified atom stereocenters. The van der Waals surface area contributed by atoms with Crippen molar-refractivity contribution in [1.29, 1.82) is 0 Å². The van der Waals surface area contributed by atoms with Gasteiger partial charge in [-0.1, -0.05) is 46.2 Å². The summed E-state index contributed by atoms with van der Waals surface area (Å²) in [7, 11) is 0. The number of carbonyl (C=O) groups is 9. The highest BCUT2D eigenvalue weighted by molar-refractivity contribution is 6.13. The van der Waals surface area contributed by atoms with Gasteiger partial charge in [0.15, 0.2) is 0 Å². The largest absolute Gasteiger partial charge is 0.462 e. The fourth-order valence-electron chi connectivity index (χ4n) is 6.25. The molecule has 0 aromatic heterocycles. The Morgan fingerprint density at radius 2 is 1.40 bits per heavy atom. The average molecular weight is 864 g/mol. The Bertz CT molecular complexity index is 1870. The van der Waals surface area contributed by atoms with E-state index in [2.05, 4.69) is 26.6 Å². The first-order chi connectivity index (χ1) is 29.5. The van der Waals surface area contributed by atoms with Gasteiger partial charge in [-0.3, -0.25) is 33.7 Å². The van der Waals surface area contributed by atoms with Crippen LogP contribution < -0.4 is 32.3 Å². The molecule has 1 heterocycles.